The van der Waals surface area contributed by atoms with Crippen molar-refractivity contribution in [3.05, 3.63) is 62.6 Å². The van der Waals surface area contributed by atoms with E-state index in [4.69, 9.17) is 37.4 Å². The lowest BCUT2D eigenvalue weighted by Crippen LogP contribution is -2.04. The molecule has 0 unspecified atom stereocenters. The van der Waals surface area contributed by atoms with Crippen LogP contribution in [0.3, 0.4) is 0 Å². The van der Waals surface area contributed by atoms with Crippen molar-refractivity contribution >= 4 is 62.6 Å². The van der Waals surface area contributed by atoms with E-state index >= 15 is 0 Å². The predicted octanol–water partition coefficient (Wildman–Crippen LogP) is 5.57. The molecule has 1 aromatic heterocycles. The molecule has 2 heterocycles. The Labute approximate surface area is 174 Å². The Bertz CT molecular complexity index is 1150. The number of cyclic esters (lactones) is 1. The van der Waals surface area contributed by atoms with E-state index in [2.05, 4.69) is 4.99 Å². The van der Waals surface area contributed by atoms with E-state index in [-0.39, 0.29) is 11.6 Å². The van der Waals surface area contributed by atoms with Crippen LogP contribution >= 0.6 is 34.5 Å². The molecule has 1 aliphatic rings. The van der Waals surface area contributed by atoms with Crippen LogP contribution < -0.4 is 9.47 Å². The van der Waals surface area contributed by atoms with Crippen LogP contribution in [0, 0.1) is 0 Å². The van der Waals surface area contributed by atoms with Crippen molar-refractivity contribution in [1.82, 2.24) is 0 Å². The van der Waals surface area contributed by atoms with Gasteiger partial charge in [0, 0.05) is 5.39 Å². The standard InChI is InChI=1S/C20H13Cl2NO4S/c1-25-11-5-3-10(4-6-11)9-13-20(24)27-19(23-13)18-15(21)12-7-8-14(26-2)16(22)17(12)28-18/h3-9H,1-2H3/b13-9-. The average Bonchev–Trinajstić information content (AvgIpc) is 3.23. The summed E-state index contributed by atoms with van der Waals surface area (Å²) in [7, 11) is 3.14. The Hall–Kier alpha value is -2.54. The van der Waals surface area contributed by atoms with E-state index in [0.717, 1.165) is 21.4 Å². The van der Waals surface area contributed by atoms with Gasteiger partial charge in [-0.15, -0.1) is 11.3 Å². The molecule has 142 valence electrons. The van der Waals surface area contributed by atoms with Crippen LogP contribution in [0.5, 0.6) is 11.5 Å². The van der Waals surface area contributed by atoms with Gasteiger partial charge in [-0.25, -0.2) is 9.79 Å². The van der Waals surface area contributed by atoms with Crippen LogP contribution in [0.4, 0.5) is 0 Å². The maximum atomic E-state index is 12.3. The number of thiophene rings is 1. The molecule has 0 saturated carbocycles. The van der Waals surface area contributed by atoms with E-state index in [1.54, 1.807) is 38.5 Å². The highest BCUT2D eigenvalue weighted by molar-refractivity contribution is 7.22. The van der Waals surface area contributed by atoms with Gasteiger partial charge >= 0.3 is 5.97 Å². The molecule has 0 atom stereocenters. The first-order chi connectivity index (χ1) is 13.5. The molecule has 2 aromatic carbocycles. The maximum absolute atomic E-state index is 12.3. The van der Waals surface area contributed by atoms with Crippen molar-refractivity contribution in [2.75, 3.05) is 14.2 Å². The van der Waals surface area contributed by atoms with E-state index in [0.29, 0.717) is 20.7 Å². The van der Waals surface area contributed by atoms with Crippen LogP contribution in [0.25, 0.3) is 16.2 Å². The Kier molecular flexibility index (Phi) is 5.02. The van der Waals surface area contributed by atoms with Crippen LogP contribution in [0.1, 0.15) is 10.4 Å². The second kappa shape index (κ2) is 7.47. The molecule has 1 aliphatic heterocycles. The van der Waals surface area contributed by atoms with E-state index in [9.17, 15) is 4.79 Å². The zero-order valence-corrected chi connectivity index (χ0v) is 17.1. The van der Waals surface area contributed by atoms with Crippen molar-refractivity contribution in [3.8, 4) is 11.5 Å². The first-order valence-corrected chi connectivity index (χ1v) is 9.70. The number of rotatable bonds is 4. The minimum Gasteiger partial charge on any atom is -0.497 e. The largest absolute Gasteiger partial charge is 0.497 e. The quantitative estimate of drug-likeness (QED) is 0.398. The number of nitrogens with zero attached hydrogens (tertiary/aromatic N) is 1. The van der Waals surface area contributed by atoms with Crippen LogP contribution in [0.15, 0.2) is 47.1 Å². The van der Waals surface area contributed by atoms with Gasteiger partial charge in [0.15, 0.2) is 5.70 Å². The monoisotopic (exact) mass is 433 g/mol. The molecule has 8 heteroatoms. The summed E-state index contributed by atoms with van der Waals surface area (Å²) in [6, 6.07) is 10.8. The average molecular weight is 434 g/mol. The highest BCUT2D eigenvalue weighted by atomic mass is 35.5. The van der Waals surface area contributed by atoms with Crippen molar-refractivity contribution in [2.24, 2.45) is 4.99 Å². The van der Waals surface area contributed by atoms with E-state index < -0.39 is 5.97 Å². The Morgan fingerprint density at radius 2 is 1.79 bits per heavy atom. The second-order valence-electron chi connectivity index (χ2n) is 5.81. The summed E-state index contributed by atoms with van der Waals surface area (Å²) < 4.78 is 16.5. The smallest absolute Gasteiger partial charge is 0.363 e. The molecule has 5 nitrogen and oxygen atoms in total. The number of ether oxygens (including phenoxy) is 3. The summed E-state index contributed by atoms with van der Waals surface area (Å²) in [4.78, 5) is 17.1. The third-order valence-electron chi connectivity index (χ3n) is 4.16. The topological polar surface area (TPSA) is 57.1 Å². The number of esters is 1. The number of carbonyl (C=O) groups excluding carboxylic acids is 1. The molecular weight excluding hydrogens is 421 g/mol. The van der Waals surface area contributed by atoms with E-state index in [1.807, 2.05) is 18.2 Å². The molecule has 0 N–H and O–H groups in total. The van der Waals surface area contributed by atoms with Gasteiger partial charge < -0.3 is 14.2 Å². The SMILES string of the molecule is COc1ccc(/C=C2\N=C(c3sc4c(Cl)c(OC)ccc4c3Cl)OC2=O)cc1. The fourth-order valence-corrected chi connectivity index (χ4v) is 4.56. The number of carbonyl (C=O) groups is 1. The van der Waals surface area contributed by atoms with Gasteiger partial charge in [-0.05, 0) is 35.9 Å². The molecule has 0 amide bonds. The Morgan fingerprint density at radius 1 is 1.04 bits per heavy atom. The predicted molar refractivity (Wildman–Crippen MR) is 112 cm³/mol. The number of benzene rings is 2. The Morgan fingerprint density at radius 3 is 2.46 bits per heavy atom. The third kappa shape index (κ3) is 3.24. The first kappa shape index (κ1) is 18.8. The van der Waals surface area contributed by atoms with Crippen molar-refractivity contribution in [2.45, 2.75) is 0 Å². The molecule has 0 aliphatic carbocycles. The number of hydrogen-bond acceptors (Lipinski definition) is 6. The molecule has 0 spiro atoms. The molecular formula is C20H13Cl2NO4S. The van der Waals surface area contributed by atoms with Crippen molar-refractivity contribution in [1.29, 1.82) is 0 Å². The van der Waals surface area contributed by atoms with E-state index in [1.165, 1.54) is 11.3 Å². The molecule has 0 bridgehead atoms. The number of halogens is 2. The van der Waals surface area contributed by atoms with Gasteiger partial charge in [-0.2, -0.15) is 0 Å². The van der Waals surface area contributed by atoms with Gasteiger partial charge in [-0.3, -0.25) is 0 Å². The summed E-state index contributed by atoms with van der Waals surface area (Å²) in [5.41, 5.74) is 0.991. The first-order valence-electron chi connectivity index (χ1n) is 8.13. The number of fused-ring (bicyclic) bond motifs is 1. The van der Waals surface area contributed by atoms with Gasteiger partial charge in [0.25, 0.3) is 0 Å². The van der Waals surface area contributed by atoms with Gasteiger partial charge in [0.05, 0.1) is 23.9 Å². The zero-order chi connectivity index (χ0) is 19.8. The highest BCUT2D eigenvalue weighted by Gasteiger charge is 2.28. The Balaban J connectivity index is 1.74. The molecule has 28 heavy (non-hydrogen) atoms. The number of hydrogen-bond donors (Lipinski definition) is 0. The maximum Gasteiger partial charge on any atom is 0.363 e. The van der Waals surface area contributed by atoms with Crippen molar-refractivity contribution < 1.29 is 19.0 Å². The molecule has 4 rings (SSSR count). The zero-order valence-electron chi connectivity index (χ0n) is 14.8. The van der Waals surface area contributed by atoms with Crippen LogP contribution in [-0.2, 0) is 9.53 Å². The fourth-order valence-electron chi connectivity index (χ4n) is 2.74. The molecule has 0 radical (unpaired) electrons. The normalized spacial score (nSPS) is 15.1. The molecule has 0 saturated heterocycles. The molecule has 0 fully saturated rings. The van der Waals surface area contributed by atoms with Crippen LogP contribution in [0.2, 0.25) is 10.0 Å². The number of methoxy groups -OCH3 is 2. The van der Waals surface area contributed by atoms with Gasteiger partial charge in [0.2, 0.25) is 5.90 Å². The summed E-state index contributed by atoms with van der Waals surface area (Å²) in [6.07, 6.45) is 1.64. The summed E-state index contributed by atoms with van der Waals surface area (Å²) in [6.45, 7) is 0. The van der Waals surface area contributed by atoms with Gasteiger partial charge in [0.1, 0.15) is 21.4 Å². The number of aliphatic imine (C=N–C) groups is 1. The molecule has 3 aromatic rings. The summed E-state index contributed by atoms with van der Waals surface area (Å²) >= 11 is 14.2. The lowest BCUT2D eigenvalue weighted by molar-refractivity contribution is -0.129. The summed E-state index contributed by atoms with van der Waals surface area (Å²) in [5, 5.41) is 1.64. The fraction of sp³-hybridized carbons (Fsp3) is 0.100. The van der Waals surface area contributed by atoms with Crippen LogP contribution in [-0.4, -0.2) is 26.1 Å². The third-order valence-corrected chi connectivity index (χ3v) is 6.36. The summed E-state index contributed by atoms with van der Waals surface area (Å²) in [5.74, 6) is 0.891. The lowest BCUT2D eigenvalue weighted by Gasteiger charge is -2.02. The lowest BCUT2D eigenvalue weighted by atomic mass is 10.2. The second-order valence-corrected chi connectivity index (χ2v) is 7.59. The van der Waals surface area contributed by atoms with Crippen molar-refractivity contribution in [3.63, 3.8) is 0 Å². The highest BCUT2D eigenvalue weighted by Crippen LogP contribution is 2.44. The minimum atomic E-state index is -0.539. The minimum absolute atomic E-state index is 0.158. The van der Waals surface area contributed by atoms with Gasteiger partial charge in [-0.1, -0.05) is 35.3 Å².